The average molecular weight is 229 g/mol. The van der Waals surface area contributed by atoms with Gasteiger partial charge in [-0.15, -0.1) is 0 Å². The number of aromatic nitrogens is 2. The second-order valence-electron chi connectivity index (χ2n) is 4.58. The van der Waals surface area contributed by atoms with Crippen LogP contribution >= 0.6 is 0 Å². The van der Waals surface area contributed by atoms with Crippen molar-refractivity contribution in [2.24, 2.45) is 0 Å². The summed E-state index contributed by atoms with van der Waals surface area (Å²) in [5.74, 6) is -2.44. The molecule has 90 valence electrons. The van der Waals surface area contributed by atoms with E-state index in [1.54, 1.807) is 6.20 Å². The SMILES string of the molecule is CN(Cc1ccn[nH]1)C1CCC(F)(F)CC1. The lowest BCUT2D eigenvalue weighted by molar-refractivity contribution is -0.0520. The van der Waals surface area contributed by atoms with Gasteiger partial charge in [-0.3, -0.25) is 10.00 Å². The predicted octanol–water partition coefficient (Wildman–Crippen LogP) is 2.42. The van der Waals surface area contributed by atoms with Crippen LogP contribution < -0.4 is 0 Å². The molecule has 0 atom stereocenters. The van der Waals surface area contributed by atoms with Crippen molar-refractivity contribution in [1.29, 1.82) is 0 Å². The van der Waals surface area contributed by atoms with Crippen molar-refractivity contribution in [3.8, 4) is 0 Å². The third kappa shape index (κ3) is 2.78. The minimum atomic E-state index is -2.44. The molecule has 0 saturated heterocycles. The van der Waals surface area contributed by atoms with Crippen LogP contribution in [0.25, 0.3) is 0 Å². The molecule has 0 bridgehead atoms. The molecule has 1 saturated carbocycles. The van der Waals surface area contributed by atoms with E-state index in [2.05, 4.69) is 15.1 Å². The average Bonchev–Trinajstić information content (AvgIpc) is 2.70. The quantitative estimate of drug-likeness (QED) is 0.863. The van der Waals surface area contributed by atoms with Crippen molar-refractivity contribution in [1.82, 2.24) is 15.1 Å². The van der Waals surface area contributed by atoms with Crippen molar-refractivity contribution in [3.63, 3.8) is 0 Å². The van der Waals surface area contributed by atoms with E-state index in [1.807, 2.05) is 13.1 Å². The zero-order valence-electron chi connectivity index (χ0n) is 9.42. The number of hydrogen-bond acceptors (Lipinski definition) is 2. The summed E-state index contributed by atoms with van der Waals surface area (Å²) in [4.78, 5) is 2.13. The highest BCUT2D eigenvalue weighted by atomic mass is 19.3. The normalized spacial score (nSPS) is 21.5. The van der Waals surface area contributed by atoms with Gasteiger partial charge in [0.15, 0.2) is 0 Å². The van der Waals surface area contributed by atoms with Crippen molar-refractivity contribution in [3.05, 3.63) is 18.0 Å². The van der Waals surface area contributed by atoms with Gasteiger partial charge in [-0.05, 0) is 26.0 Å². The van der Waals surface area contributed by atoms with E-state index in [1.165, 1.54) is 0 Å². The molecule has 2 rings (SSSR count). The molecule has 3 nitrogen and oxygen atoms in total. The number of nitrogens with one attached hydrogen (secondary N) is 1. The third-order valence-corrected chi connectivity index (χ3v) is 3.29. The van der Waals surface area contributed by atoms with Crippen LogP contribution in [0, 0.1) is 0 Å². The first-order valence-corrected chi connectivity index (χ1v) is 5.63. The summed E-state index contributed by atoms with van der Waals surface area (Å²) >= 11 is 0. The minimum Gasteiger partial charge on any atom is -0.298 e. The van der Waals surface area contributed by atoms with Crippen LogP contribution in [0.4, 0.5) is 8.78 Å². The molecule has 0 amide bonds. The summed E-state index contributed by atoms with van der Waals surface area (Å²) in [6, 6.07) is 2.18. The standard InChI is InChI=1S/C11H17F2N3/c1-16(8-9-4-7-14-15-9)10-2-5-11(12,13)6-3-10/h4,7,10H,2-3,5-6,8H2,1H3,(H,14,15). The fourth-order valence-electron chi connectivity index (χ4n) is 2.24. The summed E-state index contributed by atoms with van der Waals surface area (Å²) in [6.07, 6.45) is 2.91. The first-order chi connectivity index (χ1) is 7.57. The van der Waals surface area contributed by atoms with Gasteiger partial charge in [0.05, 0.1) is 0 Å². The maximum Gasteiger partial charge on any atom is 0.248 e. The summed E-state index contributed by atoms with van der Waals surface area (Å²) in [6.45, 7) is 0.746. The fourth-order valence-corrected chi connectivity index (χ4v) is 2.24. The molecule has 5 heteroatoms. The second-order valence-corrected chi connectivity index (χ2v) is 4.58. The molecular formula is C11H17F2N3. The van der Waals surface area contributed by atoms with Gasteiger partial charge in [-0.1, -0.05) is 0 Å². The van der Waals surface area contributed by atoms with E-state index < -0.39 is 5.92 Å². The third-order valence-electron chi connectivity index (χ3n) is 3.29. The van der Waals surface area contributed by atoms with E-state index in [0.29, 0.717) is 12.8 Å². The van der Waals surface area contributed by atoms with Gasteiger partial charge >= 0.3 is 0 Å². The maximum absolute atomic E-state index is 13.0. The van der Waals surface area contributed by atoms with Crippen LogP contribution in [0.3, 0.4) is 0 Å². The first-order valence-electron chi connectivity index (χ1n) is 5.63. The Morgan fingerprint density at radius 1 is 1.50 bits per heavy atom. The highest BCUT2D eigenvalue weighted by Crippen LogP contribution is 2.34. The molecule has 0 unspecified atom stereocenters. The number of nitrogens with zero attached hydrogens (tertiary/aromatic N) is 2. The zero-order valence-corrected chi connectivity index (χ0v) is 9.42. The Hall–Kier alpha value is -0.970. The number of H-pyrrole nitrogens is 1. The highest BCUT2D eigenvalue weighted by molar-refractivity contribution is 4.97. The van der Waals surface area contributed by atoms with E-state index in [4.69, 9.17) is 0 Å². The van der Waals surface area contributed by atoms with Gasteiger partial charge in [0, 0.05) is 37.3 Å². The second kappa shape index (κ2) is 4.49. The van der Waals surface area contributed by atoms with E-state index >= 15 is 0 Å². The van der Waals surface area contributed by atoms with E-state index in [-0.39, 0.29) is 18.9 Å². The van der Waals surface area contributed by atoms with E-state index in [9.17, 15) is 8.78 Å². The Kier molecular flexibility index (Phi) is 3.23. The molecule has 1 N–H and O–H groups in total. The molecule has 1 aliphatic carbocycles. The largest absolute Gasteiger partial charge is 0.298 e. The monoisotopic (exact) mass is 229 g/mol. The van der Waals surface area contributed by atoms with Gasteiger partial charge in [-0.25, -0.2) is 8.78 Å². The van der Waals surface area contributed by atoms with Crippen LogP contribution in [0.1, 0.15) is 31.4 Å². The topological polar surface area (TPSA) is 31.9 Å². The number of rotatable bonds is 3. The lowest BCUT2D eigenvalue weighted by atomic mass is 9.91. The smallest absolute Gasteiger partial charge is 0.248 e. The fraction of sp³-hybridized carbons (Fsp3) is 0.727. The van der Waals surface area contributed by atoms with Crippen LogP contribution in [0.2, 0.25) is 0 Å². The summed E-state index contributed by atoms with van der Waals surface area (Å²) < 4.78 is 26.0. The molecule has 1 aromatic heterocycles. The van der Waals surface area contributed by atoms with Crippen LogP contribution in [0.5, 0.6) is 0 Å². The molecule has 16 heavy (non-hydrogen) atoms. The molecule has 0 spiro atoms. The maximum atomic E-state index is 13.0. The van der Waals surface area contributed by atoms with Crippen LogP contribution in [-0.2, 0) is 6.54 Å². The molecule has 0 aliphatic heterocycles. The zero-order chi connectivity index (χ0) is 11.6. The Morgan fingerprint density at radius 3 is 2.75 bits per heavy atom. The molecular weight excluding hydrogens is 212 g/mol. The van der Waals surface area contributed by atoms with E-state index in [0.717, 1.165) is 12.2 Å². The summed E-state index contributed by atoms with van der Waals surface area (Å²) in [5, 5.41) is 6.76. The van der Waals surface area contributed by atoms with Crippen molar-refractivity contribution >= 4 is 0 Å². The predicted molar refractivity (Wildman–Crippen MR) is 57.3 cm³/mol. The van der Waals surface area contributed by atoms with Crippen molar-refractivity contribution < 1.29 is 8.78 Å². The van der Waals surface area contributed by atoms with Gasteiger partial charge in [-0.2, -0.15) is 5.10 Å². The van der Waals surface area contributed by atoms with Crippen molar-refractivity contribution in [2.45, 2.75) is 44.2 Å². The Balaban J connectivity index is 1.85. The van der Waals surface area contributed by atoms with Crippen LogP contribution in [0.15, 0.2) is 12.3 Å². The number of alkyl halides is 2. The Labute approximate surface area is 93.8 Å². The summed E-state index contributed by atoms with van der Waals surface area (Å²) in [7, 11) is 1.98. The molecule has 1 aliphatic rings. The van der Waals surface area contributed by atoms with Gasteiger partial charge in [0.2, 0.25) is 5.92 Å². The molecule has 0 radical (unpaired) electrons. The van der Waals surface area contributed by atoms with Crippen molar-refractivity contribution in [2.75, 3.05) is 7.05 Å². The molecule has 1 aromatic rings. The Bertz CT molecular complexity index is 314. The van der Waals surface area contributed by atoms with Gasteiger partial charge in [0.25, 0.3) is 0 Å². The first kappa shape index (κ1) is 11.5. The lowest BCUT2D eigenvalue weighted by Crippen LogP contribution is -2.38. The minimum absolute atomic E-state index is 0.0188. The molecule has 0 aromatic carbocycles. The Morgan fingerprint density at radius 2 is 2.19 bits per heavy atom. The van der Waals surface area contributed by atoms with Gasteiger partial charge < -0.3 is 0 Å². The molecule has 1 fully saturated rings. The highest BCUT2D eigenvalue weighted by Gasteiger charge is 2.36. The molecule has 1 heterocycles. The summed E-state index contributed by atoms with van der Waals surface area (Å²) in [5.41, 5.74) is 1.03. The lowest BCUT2D eigenvalue weighted by Gasteiger charge is -2.34. The van der Waals surface area contributed by atoms with Crippen LogP contribution in [-0.4, -0.2) is 34.1 Å². The number of aromatic amines is 1. The van der Waals surface area contributed by atoms with Gasteiger partial charge in [0.1, 0.15) is 0 Å². The number of halogens is 2. The number of hydrogen-bond donors (Lipinski definition) is 1.